The van der Waals surface area contributed by atoms with E-state index in [1.807, 2.05) is 0 Å². The van der Waals surface area contributed by atoms with Crippen LogP contribution in [0.15, 0.2) is 47.4 Å². The number of carbonyl (C=O) groups excluding carboxylic acids is 1. The van der Waals surface area contributed by atoms with E-state index in [0.717, 1.165) is 38.5 Å². The molecule has 4 rings (SSSR count). The molecule has 1 amide bonds. The second-order valence-electron chi connectivity index (χ2n) is 8.17. The summed E-state index contributed by atoms with van der Waals surface area (Å²) in [5, 5.41) is 2.82. The molecular formula is C23H28N2O5S. The number of carbonyl (C=O) groups is 1. The molecule has 2 aliphatic rings. The standard InChI is InChI=1S/C23H28N2O5S/c1-29-21-12-11-18(14-22(21)30-19-6-2-3-7-19)25-23(26)17-5-4-8-20(13-17)31(27,28)24-15-16-9-10-16/h4-5,8,11-14,16,19,24H,2-3,6-7,9-10,15H2,1H3,(H,25,26). The first-order valence-electron chi connectivity index (χ1n) is 10.7. The van der Waals surface area contributed by atoms with E-state index in [1.165, 1.54) is 12.1 Å². The molecule has 2 aromatic carbocycles. The third-order valence-electron chi connectivity index (χ3n) is 5.68. The van der Waals surface area contributed by atoms with Gasteiger partial charge < -0.3 is 14.8 Å². The first kappa shape index (κ1) is 21.6. The molecule has 2 saturated carbocycles. The van der Waals surface area contributed by atoms with Gasteiger partial charge in [0.05, 0.1) is 18.1 Å². The van der Waals surface area contributed by atoms with Crippen LogP contribution in [0, 0.1) is 5.92 Å². The Morgan fingerprint density at radius 2 is 1.81 bits per heavy atom. The Morgan fingerprint density at radius 3 is 2.52 bits per heavy atom. The van der Waals surface area contributed by atoms with Crippen molar-refractivity contribution in [1.29, 1.82) is 0 Å². The molecule has 0 unspecified atom stereocenters. The molecule has 2 fully saturated rings. The van der Waals surface area contributed by atoms with Crippen molar-refractivity contribution < 1.29 is 22.7 Å². The van der Waals surface area contributed by atoms with E-state index in [-0.39, 0.29) is 16.6 Å². The van der Waals surface area contributed by atoms with E-state index in [9.17, 15) is 13.2 Å². The maximum Gasteiger partial charge on any atom is 0.255 e. The number of anilines is 1. The van der Waals surface area contributed by atoms with Gasteiger partial charge in [0.1, 0.15) is 0 Å². The fraction of sp³-hybridized carbons (Fsp3) is 0.435. The van der Waals surface area contributed by atoms with Crippen LogP contribution in [0.3, 0.4) is 0 Å². The maximum absolute atomic E-state index is 12.8. The molecule has 2 aromatic rings. The fourth-order valence-electron chi connectivity index (χ4n) is 3.67. The molecular weight excluding hydrogens is 416 g/mol. The summed E-state index contributed by atoms with van der Waals surface area (Å²) in [5.74, 6) is 1.24. The zero-order valence-electron chi connectivity index (χ0n) is 17.6. The molecule has 0 spiro atoms. The van der Waals surface area contributed by atoms with Gasteiger partial charge in [0.25, 0.3) is 5.91 Å². The molecule has 0 bridgehead atoms. The molecule has 0 aromatic heterocycles. The molecule has 7 nitrogen and oxygen atoms in total. The van der Waals surface area contributed by atoms with Crippen molar-refractivity contribution in [1.82, 2.24) is 4.72 Å². The maximum atomic E-state index is 12.8. The van der Waals surface area contributed by atoms with Crippen LogP contribution in [0.4, 0.5) is 5.69 Å². The summed E-state index contributed by atoms with van der Waals surface area (Å²) in [7, 11) is -2.06. The van der Waals surface area contributed by atoms with Crippen LogP contribution in [-0.2, 0) is 10.0 Å². The van der Waals surface area contributed by atoms with Crippen LogP contribution in [0.5, 0.6) is 11.5 Å². The number of methoxy groups -OCH3 is 1. The average molecular weight is 445 g/mol. The van der Waals surface area contributed by atoms with Crippen LogP contribution in [0.25, 0.3) is 0 Å². The van der Waals surface area contributed by atoms with Crippen LogP contribution >= 0.6 is 0 Å². The Hall–Kier alpha value is -2.58. The van der Waals surface area contributed by atoms with E-state index in [2.05, 4.69) is 10.0 Å². The van der Waals surface area contributed by atoms with Crippen LogP contribution in [0.2, 0.25) is 0 Å². The van der Waals surface area contributed by atoms with Crippen LogP contribution in [0.1, 0.15) is 48.9 Å². The lowest BCUT2D eigenvalue weighted by Gasteiger charge is -2.17. The van der Waals surface area contributed by atoms with Gasteiger partial charge in [-0.05, 0) is 74.8 Å². The van der Waals surface area contributed by atoms with Crippen molar-refractivity contribution in [3.05, 3.63) is 48.0 Å². The monoisotopic (exact) mass is 444 g/mol. The summed E-state index contributed by atoms with van der Waals surface area (Å²) in [4.78, 5) is 12.9. The smallest absolute Gasteiger partial charge is 0.255 e. The molecule has 2 aliphatic carbocycles. The van der Waals surface area contributed by atoms with E-state index in [1.54, 1.807) is 37.4 Å². The summed E-state index contributed by atoms with van der Waals surface area (Å²) >= 11 is 0. The molecule has 0 radical (unpaired) electrons. The second-order valence-corrected chi connectivity index (χ2v) is 9.93. The van der Waals surface area contributed by atoms with E-state index >= 15 is 0 Å². The summed E-state index contributed by atoms with van der Waals surface area (Å²) < 4.78 is 39.1. The van der Waals surface area contributed by atoms with E-state index in [4.69, 9.17) is 9.47 Å². The minimum absolute atomic E-state index is 0.0841. The topological polar surface area (TPSA) is 93.7 Å². The Morgan fingerprint density at radius 1 is 1.03 bits per heavy atom. The minimum Gasteiger partial charge on any atom is -0.493 e. The van der Waals surface area contributed by atoms with Crippen molar-refractivity contribution in [2.75, 3.05) is 19.0 Å². The van der Waals surface area contributed by atoms with Gasteiger partial charge in [-0.3, -0.25) is 4.79 Å². The normalized spacial score (nSPS) is 16.8. The van der Waals surface area contributed by atoms with E-state index < -0.39 is 15.9 Å². The quantitative estimate of drug-likeness (QED) is 0.611. The lowest BCUT2D eigenvalue weighted by molar-refractivity contribution is 0.102. The number of ether oxygens (including phenoxy) is 2. The largest absolute Gasteiger partial charge is 0.493 e. The van der Waals surface area contributed by atoms with Gasteiger partial charge in [0.15, 0.2) is 11.5 Å². The zero-order chi connectivity index (χ0) is 21.8. The summed E-state index contributed by atoms with van der Waals surface area (Å²) in [6.45, 7) is 0.439. The van der Waals surface area contributed by atoms with Crippen molar-refractivity contribution >= 4 is 21.6 Å². The number of benzene rings is 2. The van der Waals surface area contributed by atoms with Crippen molar-refractivity contribution in [2.45, 2.75) is 49.5 Å². The summed E-state index contributed by atoms with van der Waals surface area (Å²) in [6, 6.07) is 11.3. The molecule has 31 heavy (non-hydrogen) atoms. The Balaban J connectivity index is 1.47. The SMILES string of the molecule is COc1ccc(NC(=O)c2cccc(S(=O)(=O)NCC3CC3)c2)cc1OC1CCCC1. The summed E-state index contributed by atoms with van der Waals surface area (Å²) in [5.41, 5.74) is 0.822. The highest BCUT2D eigenvalue weighted by atomic mass is 32.2. The second kappa shape index (κ2) is 9.28. The Kier molecular flexibility index (Phi) is 6.48. The van der Waals surface area contributed by atoms with Gasteiger partial charge >= 0.3 is 0 Å². The third kappa shape index (κ3) is 5.57. The number of hydrogen-bond donors (Lipinski definition) is 2. The van der Waals surface area contributed by atoms with Gasteiger partial charge in [-0.25, -0.2) is 13.1 Å². The molecule has 8 heteroatoms. The lowest BCUT2D eigenvalue weighted by atomic mass is 10.2. The Labute approximate surface area is 183 Å². The molecule has 0 aliphatic heterocycles. The molecule has 0 saturated heterocycles. The van der Waals surface area contributed by atoms with Crippen molar-refractivity contribution in [3.63, 3.8) is 0 Å². The molecule has 0 heterocycles. The van der Waals surface area contributed by atoms with Crippen molar-refractivity contribution in [3.8, 4) is 11.5 Å². The fourth-order valence-corrected chi connectivity index (χ4v) is 4.83. The van der Waals surface area contributed by atoms with Crippen LogP contribution in [-0.4, -0.2) is 34.1 Å². The molecule has 0 atom stereocenters. The third-order valence-corrected chi connectivity index (χ3v) is 7.10. The first-order valence-corrected chi connectivity index (χ1v) is 12.2. The van der Waals surface area contributed by atoms with Gasteiger partial charge in [-0.15, -0.1) is 0 Å². The van der Waals surface area contributed by atoms with Gasteiger partial charge in [0, 0.05) is 23.9 Å². The van der Waals surface area contributed by atoms with Gasteiger partial charge in [-0.1, -0.05) is 6.07 Å². The predicted octanol–water partition coefficient (Wildman–Crippen LogP) is 3.96. The van der Waals surface area contributed by atoms with Crippen molar-refractivity contribution in [2.24, 2.45) is 5.92 Å². The number of rotatable bonds is 9. The number of nitrogens with one attached hydrogen (secondary N) is 2. The van der Waals surface area contributed by atoms with Crippen LogP contribution < -0.4 is 19.5 Å². The highest BCUT2D eigenvalue weighted by molar-refractivity contribution is 7.89. The van der Waals surface area contributed by atoms with Gasteiger partial charge in [0.2, 0.25) is 10.0 Å². The highest BCUT2D eigenvalue weighted by Crippen LogP contribution is 2.34. The number of amides is 1. The lowest BCUT2D eigenvalue weighted by Crippen LogP contribution is -2.26. The zero-order valence-corrected chi connectivity index (χ0v) is 18.4. The minimum atomic E-state index is -3.64. The van der Waals surface area contributed by atoms with E-state index in [0.29, 0.717) is 29.6 Å². The number of hydrogen-bond acceptors (Lipinski definition) is 5. The predicted molar refractivity (Wildman–Crippen MR) is 118 cm³/mol. The number of sulfonamides is 1. The Bertz CT molecular complexity index is 1040. The summed E-state index contributed by atoms with van der Waals surface area (Å²) in [6.07, 6.45) is 6.59. The first-order chi connectivity index (χ1) is 14.9. The van der Waals surface area contributed by atoms with Gasteiger partial charge in [-0.2, -0.15) is 0 Å². The molecule has 166 valence electrons. The highest BCUT2D eigenvalue weighted by Gasteiger charge is 2.25. The molecule has 2 N–H and O–H groups in total. The average Bonchev–Trinajstić information content (AvgIpc) is 3.47.